The number of amides is 1. The van der Waals surface area contributed by atoms with E-state index in [1.165, 1.54) is 24.8 Å². The second kappa shape index (κ2) is 7.44. The Kier molecular flexibility index (Phi) is 5.59. The molecule has 2 nitrogen and oxygen atoms in total. The fraction of sp³-hybridized carbons (Fsp3) is 0.450. The van der Waals surface area contributed by atoms with Crippen LogP contribution in [0.25, 0.3) is 0 Å². The van der Waals surface area contributed by atoms with Crippen molar-refractivity contribution in [2.45, 2.75) is 57.5 Å². The first-order chi connectivity index (χ1) is 10.6. The molecular weight excluding hydrogens is 270 g/mol. The number of carbonyl (C=O) groups is 1. The molecule has 0 radical (unpaired) electrons. The first kappa shape index (κ1) is 16.5. The molecular formula is C20H27NO. The molecule has 0 aliphatic heterocycles. The van der Waals surface area contributed by atoms with Crippen LogP contribution < -0.4 is 0 Å². The van der Waals surface area contributed by atoms with Crippen LogP contribution in [-0.4, -0.2) is 16.3 Å². The molecule has 0 N–H and O–H groups in total. The number of benzene rings is 1. The summed E-state index contributed by atoms with van der Waals surface area (Å²) in [7, 11) is 0. The number of hydrogen-bond acceptors (Lipinski definition) is 1. The molecule has 118 valence electrons. The van der Waals surface area contributed by atoms with Gasteiger partial charge in [0.15, 0.2) is 0 Å². The molecule has 1 aliphatic rings. The normalized spacial score (nSPS) is 16.8. The van der Waals surface area contributed by atoms with E-state index < -0.39 is 0 Å². The van der Waals surface area contributed by atoms with Gasteiger partial charge >= 0.3 is 0 Å². The van der Waals surface area contributed by atoms with Crippen LogP contribution >= 0.6 is 0 Å². The predicted octanol–water partition coefficient (Wildman–Crippen LogP) is 4.87. The van der Waals surface area contributed by atoms with Crippen molar-refractivity contribution in [3.8, 4) is 0 Å². The van der Waals surface area contributed by atoms with Gasteiger partial charge in [-0.15, -0.1) is 6.58 Å². The third kappa shape index (κ3) is 3.68. The van der Waals surface area contributed by atoms with Crippen LogP contribution in [-0.2, 0) is 11.3 Å². The van der Waals surface area contributed by atoms with E-state index in [2.05, 4.69) is 30.2 Å². The summed E-state index contributed by atoms with van der Waals surface area (Å²) in [6.45, 7) is 10.3. The molecule has 0 heterocycles. The largest absolute Gasteiger partial charge is 0.329 e. The van der Waals surface area contributed by atoms with E-state index in [0.29, 0.717) is 12.1 Å². The van der Waals surface area contributed by atoms with Gasteiger partial charge in [-0.2, -0.15) is 0 Å². The average Bonchev–Trinajstić information content (AvgIpc) is 2.54. The summed E-state index contributed by atoms with van der Waals surface area (Å²) in [6, 6.07) is 10.2. The second-order valence-electron chi connectivity index (χ2n) is 6.44. The van der Waals surface area contributed by atoms with Gasteiger partial charge in [0.1, 0.15) is 0 Å². The first-order valence-electron chi connectivity index (χ1n) is 8.21. The van der Waals surface area contributed by atoms with Crippen molar-refractivity contribution < 1.29 is 4.79 Å². The molecule has 1 aromatic rings. The van der Waals surface area contributed by atoms with Gasteiger partial charge in [-0.05, 0) is 31.7 Å². The molecule has 1 saturated carbocycles. The molecule has 0 spiro atoms. The summed E-state index contributed by atoms with van der Waals surface area (Å²) in [4.78, 5) is 14.9. The molecule has 0 saturated heterocycles. The number of hydrogen-bond donors (Lipinski definition) is 0. The molecule has 22 heavy (non-hydrogen) atoms. The quantitative estimate of drug-likeness (QED) is 0.542. The van der Waals surface area contributed by atoms with E-state index in [4.69, 9.17) is 0 Å². The standard InChI is InChI=1S/C20H27NO/c1-4-13-20(14-9-6-10-15-20)21(19(22)17(2)3)16-18-11-7-5-8-12-18/h4-5,7-8,11-12H,1-2,6,9-10,13-16H2,3H3. The van der Waals surface area contributed by atoms with Crippen molar-refractivity contribution in [3.63, 3.8) is 0 Å². The molecule has 0 atom stereocenters. The molecule has 1 fully saturated rings. The maximum Gasteiger partial charge on any atom is 0.249 e. The summed E-state index contributed by atoms with van der Waals surface area (Å²) in [5.74, 6) is 0.0765. The van der Waals surface area contributed by atoms with E-state index in [-0.39, 0.29) is 11.4 Å². The lowest BCUT2D eigenvalue weighted by atomic mass is 9.77. The Morgan fingerprint density at radius 2 is 1.86 bits per heavy atom. The van der Waals surface area contributed by atoms with E-state index in [9.17, 15) is 4.79 Å². The van der Waals surface area contributed by atoms with Crippen molar-refractivity contribution in [1.29, 1.82) is 0 Å². The monoisotopic (exact) mass is 297 g/mol. The van der Waals surface area contributed by atoms with Crippen molar-refractivity contribution in [2.75, 3.05) is 0 Å². The number of nitrogens with zero attached hydrogens (tertiary/aromatic N) is 1. The molecule has 1 aromatic carbocycles. The molecule has 2 rings (SSSR count). The van der Waals surface area contributed by atoms with Crippen LogP contribution in [0.3, 0.4) is 0 Å². The highest BCUT2D eigenvalue weighted by Gasteiger charge is 2.39. The SMILES string of the molecule is C=CCC1(N(Cc2ccccc2)C(=O)C(=C)C)CCCCC1. The molecule has 0 bridgehead atoms. The van der Waals surface area contributed by atoms with E-state index >= 15 is 0 Å². The predicted molar refractivity (Wildman–Crippen MR) is 92.4 cm³/mol. The zero-order valence-corrected chi connectivity index (χ0v) is 13.7. The zero-order chi connectivity index (χ0) is 16.0. The van der Waals surface area contributed by atoms with E-state index in [1.807, 2.05) is 31.2 Å². The summed E-state index contributed by atoms with van der Waals surface area (Å²) in [5.41, 5.74) is 1.70. The number of carbonyl (C=O) groups excluding carboxylic acids is 1. The third-order valence-corrected chi connectivity index (χ3v) is 4.67. The van der Waals surface area contributed by atoms with E-state index in [1.54, 1.807) is 0 Å². The molecule has 1 amide bonds. The Balaban J connectivity index is 2.34. The fourth-order valence-corrected chi connectivity index (χ4v) is 3.51. The lowest BCUT2D eigenvalue weighted by molar-refractivity contribution is -0.135. The summed E-state index contributed by atoms with van der Waals surface area (Å²) >= 11 is 0. The highest BCUT2D eigenvalue weighted by molar-refractivity contribution is 5.92. The van der Waals surface area contributed by atoms with Crippen molar-refractivity contribution in [2.24, 2.45) is 0 Å². The van der Waals surface area contributed by atoms with Crippen LogP contribution in [0, 0.1) is 0 Å². The van der Waals surface area contributed by atoms with Gasteiger partial charge in [0.25, 0.3) is 0 Å². The maximum absolute atomic E-state index is 12.8. The molecule has 2 heteroatoms. The Morgan fingerprint density at radius 1 is 1.23 bits per heavy atom. The van der Waals surface area contributed by atoms with Crippen molar-refractivity contribution in [3.05, 3.63) is 60.7 Å². The van der Waals surface area contributed by atoms with Crippen molar-refractivity contribution in [1.82, 2.24) is 4.90 Å². The minimum atomic E-state index is -0.0914. The van der Waals surface area contributed by atoms with Gasteiger partial charge in [-0.3, -0.25) is 4.79 Å². The van der Waals surface area contributed by atoms with Gasteiger partial charge in [0.05, 0.1) is 0 Å². The van der Waals surface area contributed by atoms with Crippen LogP contribution in [0.15, 0.2) is 55.1 Å². The minimum absolute atomic E-state index is 0.0765. The van der Waals surface area contributed by atoms with E-state index in [0.717, 1.165) is 19.3 Å². The van der Waals surface area contributed by atoms with Gasteiger partial charge < -0.3 is 4.90 Å². The first-order valence-corrected chi connectivity index (χ1v) is 8.21. The number of rotatable bonds is 6. The lowest BCUT2D eigenvalue weighted by Crippen LogP contribution is -2.52. The van der Waals surface area contributed by atoms with Gasteiger partial charge in [-0.1, -0.05) is 62.2 Å². The molecule has 0 aromatic heterocycles. The Morgan fingerprint density at radius 3 is 2.41 bits per heavy atom. The van der Waals surface area contributed by atoms with Crippen LogP contribution in [0.5, 0.6) is 0 Å². The Bertz CT molecular complexity index is 526. The topological polar surface area (TPSA) is 20.3 Å². The second-order valence-corrected chi connectivity index (χ2v) is 6.44. The zero-order valence-electron chi connectivity index (χ0n) is 13.7. The van der Waals surface area contributed by atoms with Crippen LogP contribution in [0.1, 0.15) is 51.0 Å². The minimum Gasteiger partial charge on any atom is -0.329 e. The smallest absolute Gasteiger partial charge is 0.249 e. The van der Waals surface area contributed by atoms with Gasteiger partial charge in [0, 0.05) is 17.7 Å². The van der Waals surface area contributed by atoms with Gasteiger partial charge in [-0.25, -0.2) is 0 Å². The Hall–Kier alpha value is -1.83. The van der Waals surface area contributed by atoms with Crippen molar-refractivity contribution >= 4 is 5.91 Å². The molecule has 0 unspecified atom stereocenters. The molecule has 1 aliphatic carbocycles. The summed E-state index contributed by atoms with van der Waals surface area (Å²) in [5, 5.41) is 0. The van der Waals surface area contributed by atoms with Crippen LogP contribution in [0.4, 0.5) is 0 Å². The summed E-state index contributed by atoms with van der Waals surface area (Å²) in [6.07, 6.45) is 8.58. The third-order valence-electron chi connectivity index (χ3n) is 4.67. The fourth-order valence-electron chi connectivity index (χ4n) is 3.51. The maximum atomic E-state index is 12.8. The van der Waals surface area contributed by atoms with Crippen LogP contribution in [0.2, 0.25) is 0 Å². The Labute approximate surface area is 134 Å². The highest BCUT2D eigenvalue weighted by atomic mass is 16.2. The average molecular weight is 297 g/mol. The lowest BCUT2D eigenvalue weighted by Gasteiger charge is -2.46. The highest BCUT2D eigenvalue weighted by Crippen LogP contribution is 2.38. The van der Waals surface area contributed by atoms with Gasteiger partial charge in [0.2, 0.25) is 5.91 Å². The summed E-state index contributed by atoms with van der Waals surface area (Å²) < 4.78 is 0.